The Kier molecular flexibility index (Phi) is 5.24. The minimum absolute atomic E-state index is 0.135. The maximum Gasteiger partial charge on any atom is 0.334 e. The highest BCUT2D eigenvalue weighted by Gasteiger charge is 2.26. The van der Waals surface area contributed by atoms with Gasteiger partial charge in [0, 0.05) is 23.5 Å². The molecule has 0 fully saturated rings. The minimum atomic E-state index is -0.487. The largest absolute Gasteiger partial charge is 0.496 e. The van der Waals surface area contributed by atoms with Crippen LogP contribution < -0.4 is 4.74 Å². The van der Waals surface area contributed by atoms with E-state index in [-0.39, 0.29) is 11.9 Å². The lowest BCUT2D eigenvalue weighted by Crippen LogP contribution is -2.27. The molecular weight excluding hydrogens is 290 g/mol. The molecule has 1 aromatic rings. The summed E-state index contributed by atoms with van der Waals surface area (Å²) >= 11 is 0. The first-order chi connectivity index (χ1) is 10.8. The summed E-state index contributed by atoms with van der Waals surface area (Å²) in [5, 5.41) is 0. The minimum Gasteiger partial charge on any atom is -0.496 e. The molecule has 1 unspecified atom stereocenters. The zero-order valence-corrected chi connectivity index (χ0v) is 14.4. The lowest BCUT2D eigenvalue weighted by atomic mass is 9.83. The fourth-order valence-electron chi connectivity index (χ4n) is 2.71. The average molecular weight is 315 g/mol. The molecular formula is C19H25NO3. The van der Waals surface area contributed by atoms with Crippen LogP contribution in [0, 0.1) is 5.92 Å². The maximum atomic E-state index is 12.1. The molecule has 0 aromatic carbocycles. The molecule has 23 heavy (non-hydrogen) atoms. The summed E-state index contributed by atoms with van der Waals surface area (Å²) in [6.07, 6.45) is 8.23. The van der Waals surface area contributed by atoms with Gasteiger partial charge in [-0.25, -0.2) is 4.79 Å². The Morgan fingerprint density at radius 3 is 2.70 bits per heavy atom. The Labute approximate surface area is 138 Å². The van der Waals surface area contributed by atoms with E-state index in [0.29, 0.717) is 5.57 Å². The molecule has 1 aromatic heterocycles. The number of rotatable bonds is 4. The molecule has 0 spiro atoms. The molecule has 4 nitrogen and oxygen atoms in total. The van der Waals surface area contributed by atoms with E-state index in [1.165, 1.54) is 5.57 Å². The van der Waals surface area contributed by atoms with Gasteiger partial charge >= 0.3 is 5.97 Å². The fraction of sp³-hybridized carbons (Fsp3) is 0.474. The van der Waals surface area contributed by atoms with Crippen molar-refractivity contribution < 1.29 is 14.3 Å². The van der Waals surface area contributed by atoms with Gasteiger partial charge in [0.1, 0.15) is 11.4 Å². The van der Waals surface area contributed by atoms with Crippen LogP contribution in [0.1, 0.15) is 45.6 Å². The van der Waals surface area contributed by atoms with Crippen LogP contribution in [0.25, 0.3) is 5.57 Å². The number of carbonyl (C=O) groups excluding carboxylic acids is 1. The van der Waals surface area contributed by atoms with Crippen LogP contribution in [0.3, 0.4) is 0 Å². The quantitative estimate of drug-likeness (QED) is 0.618. The van der Waals surface area contributed by atoms with Gasteiger partial charge in [-0.15, -0.1) is 0 Å². The van der Waals surface area contributed by atoms with Crippen LogP contribution >= 0.6 is 0 Å². The fourth-order valence-corrected chi connectivity index (χ4v) is 2.71. The molecule has 0 amide bonds. The Morgan fingerprint density at radius 1 is 1.39 bits per heavy atom. The number of pyridine rings is 1. The van der Waals surface area contributed by atoms with E-state index in [1.54, 1.807) is 13.3 Å². The van der Waals surface area contributed by atoms with E-state index >= 15 is 0 Å². The lowest BCUT2D eigenvalue weighted by molar-refractivity contribution is -0.150. The van der Waals surface area contributed by atoms with Gasteiger partial charge in [0.25, 0.3) is 0 Å². The highest BCUT2D eigenvalue weighted by molar-refractivity contribution is 5.89. The Morgan fingerprint density at radius 2 is 2.13 bits per heavy atom. The summed E-state index contributed by atoms with van der Waals surface area (Å²) in [5.74, 6) is 0.672. The summed E-state index contributed by atoms with van der Waals surface area (Å²) in [6, 6.07) is 1.86. The first-order valence-electron chi connectivity index (χ1n) is 7.91. The average Bonchev–Trinajstić information content (AvgIpc) is 2.52. The SMILES string of the molecule is C=C(C(=O)OC(C)(C)C)C1CC=C(c2cnccc2OC)CC1. The predicted molar refractivity (Wildman–Crippen MR) is 91.1 cm³/mol. The number of methoxy groups -OCH3 is 1. The van der Waals surface area contributed by atoms with Crippen LogP contribution in [0.15, 0.2) is 36.7 Å². The third-order valence-corrected chi connectivity index (χ3v) is 3.91. The van der Waals surface area contributed by atoms with Gasteiger partial charge in [0.05, 0.1) is 7.11 Å². The summed E-state index contributed by atoms with van der Waals surface area (Å²) in [7, 11) is 1.66. The normalized spacial score (nSPS) is 18.1. The third-order valence-electron chi connectivity index (χ3n) is 3.91. The third kappa shape index (κ3) is 4.44. The van der Waals surface area contributed by atoms with E-state index in [1.807, 2.05) is 33.0 Å². The number of ether oxygens (including phenoxy) is 2. The van der Waals surface area contributed by atoms with Crippen LogP contribution in [0.2, 0.25) is 0 Å². The number of carbonyl (C=O) groups is 1. The second-order valence-corrected chi connectivity index (χ2v) is 6.80. The van der Waals surface area contributed by atoms with E-state index in [0.717, 1.165) is 30.6 Å². The molecule has 0 bridgehead atoms. The topological polar surface area (TPSA) is 48.4 Å². The second kappa shape index (κ2) is 6.99. The smallest absolute Gasteiger partial charge is 0.334 e. The molecule has 1 aliphatic rings. The Bertz CT molecular complexity index is 626. The number of hydrogen-bond donors (Lipinski definition) is 0. The molecule has 0 saturated carbocycles. The highest BCUT2D eigenvalue weighted by atomic mass is 16.6. The first-order valence-corrected chi connectivity index (χ1v) is 7.91. The molecule has 0 N–H and O–H groups in total. The van der Waals surface area contributed by atoms with Crippen LogP contribution in [-0.4, -0.2) is 23.7 Å². The Balaban J connectivity index is 2.06. The second-order valence-electron chi connectivity index (χ2n) is 6.80. The highest BCUT2D eigenvalue weighted by Crippen LogP contribution is 2.36. The van der Waals surface area contributed by atoms with Crippen molar-refractivity contribution in [2.24, 2.45) is 5.92 Å². The molecule has 1 heterocycles. The van der Waals surface area contributed by atoms with Crippen molar-refractivity contribution in [2.45, 2.75) is 45.6 Å². The molecule has 4 heteroatoms. The van der Waals surface area contributed by atoms with Gasteiger partial charge < -0.3 is 9.47 Å². The van der Waals surface area contributed by atoms with Gasteiger partial charge in [-0.2, -0.15) is 0 Å². The van der Waals surface area contributed by atoms with Gasteiger partial charge in [-0.05, 0) is 57.6 Å². The lowest BCUT2D eigenvalue weighted by Gasteiger charge is -2.26. The van der Waals surface area contributed by atoms with Crippen molar-refractivity contribution >= 4 is 11.5 Å². The zero-order valence-electron chi connectivity index (χ0n) is 14.4. The molecule has 1 aliphatic carbocycles. The summed E-state index contributed by atoms with van der Waals surface area (Å²) in [4.78, 5) is 16.3. The number of allylic oxidation sites excluding steroid dienone is 2. The summed E-state index contributed by atoms with van der Waals surface area (Å²) in [5.41, 5.74) is 2.31. The predicted octanol–water partition coefficient (Wildman–Crippen LogP) is 4.17. The van der Waals surface area contributed by atoms with Crippen LogP contribution in [0.5, 0.6) is 5.75 Å². The zero-order chi connectivity index (χ0) is 17.0. The molecule has 124 valence electrons. The van der Waals surface area contributed by atoms with Crippen molar-refractivity contribution in [3.8, 4) is 5.75 Å². The van der Waals surface area contributed by atoms with Crippen LogP contribution in [-0.2, 0) is 9.53 Å². The van der Waals surface area contributed by atoms with Gasteiger partial charge in [-0.3, -0.25) is 4.98 Å². The molecule has 0 aliphatic heterocycles. The number of hydrogen-bond acceptors (Lipinski definition) is 4. The molecule has 2 rings (SSSR count). The van der Waals surface area contributed by atoms with Gasteiger partial charge in [0.15, 0.2) is 0 Å². The van der Waals surface area contributed by atoms with Crippen molar-refractivity contribution in [3.63, 3.8) is 0 Å². The van der Waals surface area contributed by atoms with Crippen molar-refractivity contribution in [2.75, 3.05) is 7.11 Å². The van der Waals surface area contributed by atoms with Crippen molar-refractivity contribution in [1.29, 1.82) is 0 Å². The molecule has 0 radical (unpaired) electrons. The number of aromatic nitrogens is 1. The maximum absolute atomic E-state index is 12.1. The van der Waals surface area contributed by atoms with Crippen molar-refractivity contribution in [3.05, 3.63) is 42.3 Å². The van der Waals surface area contributed by atoms with E-state index in [4.69, 9.17) is 9.47 Å². The van der Waals surface area contributed by atoms with E-state index in [9.17, 15) is 4.79 Å². The summed E-state index contributed by atoms with van der Waals surface area (Å²) in [6.45, 7) is 9.55. The number of nitrogens with zero attached hydrogens (tertiary/aromatic N) is 1. The van der Waals surface area contributed by atoms with E-state index in [2.05, 4.69) is 17.6 Å². The number of esters is 1. The van der Waals surface area contributed by atoms with Crippen molar-refractivity contribution in [1.82, 2.24) is 4.98 Å². The standard InChI is InChI=1S/C19H25NO3/c1-13(18(21)23-19(2,3)4)14-6-8-15(9-7-14)16-12-20-11-10-17(16)22-5/h8,10-12,14H,1,6-7,9H2,2-5H3. The van der Waals surface area contributed by atoms with Gasteiger partial charge in [-0.1, -0.05) is 12.7 Å². The Hall–Kier alpha value is -2.10. The first kappa shape index (κ1) is 17.3. The molecule has 1 atom stereocenters. The monoisotopic (exact) mass is 315 g/mol. The summed E-state index contributed by atoms with van der Waals surface area (Å²) < 4.78 is 10.8. The molecule has 0 saturated heterocycles. The van der Waals surface area contributed by atoms with Crippen LogP contribution in [0.4, 0.5) is 0 Å². The van der Waals surface area contributed by atoms with E-state index < -0.39 is 5.60 Å². The van der Waals surface area contributed by atoms with Gasteiger partial charge in [0.2, 0.25) is 0 Å².